The van der Waals surface area contributed by atoms with Gasteiger partial charge in [0.25, 0.3) is 0 Å². The van der Waals surface area contributed by atoms with Crippen molar-refractivity contribution < 1.29 is 24.9 Å². The molecule has 0 bridgehead atoms. The van der Waals surface area contributed by atoms with Crippen molar-refractivity contribution in [3.05, 3.63) is 22.2 Å². The Morgan fingerprint density at radius 2 is 2.00 bits per heavy atom. The van der Waals surface area contributed by atoms with E-state index in [1.54, 1.807) is 0 Å². The average molecular weight is 304 g/mol. The number of amides is 1. The fourth-order valence-electron chi connectivity index (χ4n) is 1.28. The molecule has 0 aromatic heterocycles. The van der Waals surface area contributed by atoms with Crippen LogP contribution >= 0.6 is 15.9 Å². The van der Waals surface area contributed by atoms with Gasteiger partial charge in [0.1, 0.15) is 5.75 Å². The average Bonchev–Trinajstić information content (AvgIpc) is 2.22. The number of phenols is 1. The summed E-state index contributed by atoms with van der Waals surface area (Å²) in [5.74, 6) is -2.29. The number of nitrogens with one attached hydrogen (secondary N) is 1. The van der Waals surface area contributed by atoms with Crippen LogP contribution in [0.25, 0.3) is 0 Å². The molecule has 0 aliphatic carbocycles. The van der Waals surface area contributed by atoms with Gasteiger partial charge in [-0.1, -0.05) is 15.9 Å². The molecule has 0 radical (unpaired) electrons. The topological polar surface area (TPSA) is 107 Å². The third kappa shape index (κ3) is 2.95. The van der Waals surface area contributed by atoms with Gasteiger partial charge in [0.15, 0.2) is 6.10 Å². The number of aliphatic hydroxyl groups is 1. The fourth-order valence-corrected chi connectivity index (χ4v) is 1.83. The molecule has 7 heteroatoms. The number of aliphatic hydroxyl groups excluding tert-OH is 1. The lowest BCUT2D eigenvalue weighted by atomic mass is 10.1. The highest BCUT2D eigenvalue weighted by Crippen LogP contribution is 2.37. The van der Waals surface area contributed by atoms with Crippen molar-refractivity contribution in [3.8, 4) is 5.75 Å². The van der Waals surface area contributed by atoms with Crippen molar-refractivity contribution in [1.82, 2.24) is 0 Å². The quantitative estimate of drug-likeness (QED) is 0.628. The molecule has 1 rings (SSSR count). The van der Waals surface area contributed by atoms with Gasteiger partial charge in [-0.15, -0.1) is 0 Å². The number of carbonyl (C=O) groups is 2. The van der Waals surface area contributed by atoms with E-state index in [-0.39, 0.29) is 21.5 Å². The van der Waals surface area contributed by atoms with Crippen LogP contribution in [0.3, 0.4) is 0 Å². The Morgan fingerprint density at radius 1 is 1.41 bits per heavy atom. The summed E-state index contributed by atoms with van der Waals surface area (Å²) in [7, 11) is 0. The molecule has 0 heterocycles. The number of halogens is 1. The molecule has 1 atom stereocenters. The molecule has 0 fully saturated rings. The second-order valence-electron chi connectivity index (χ2n) is 3.28. The van der Waals surface area contributed by atoms with Gasteiger partial charge in [0.2, 0.25) is 5.91 Å². The Kier molecular flexibility index (Phi) is 4.08. The van der Waals surface area contributed by atoms with E-state index in [0.29, 0.717) is 0 Å². The van der Waals surface area contributed by atoms with Gasteiger partial charge >= 0.3 is 5.97 Å². The van der Waals surface area contributed by atoms with Crippen molar-refractivity contribution in [2.24, 2.45) is 0 Å². The second kappa shape index (κ2) is 5.15. The number of hydrogen-bond acceptors (Lipinski definition) is 4. The SMILES string of the molecule is CC(=O)Nc1c(O)ccc(Br)c1C(O)C(=O)O. The predicted molar refractivity (Wildman–Crippen MR) is 62.7 cm³/mol. The van der Waals surface area contributed by atoms with Crippen LogP contribution in [-0.2, 0) is 9.59 Å². The molecule has 0 aliphatic heterocycles. The maximum atomic E-state index is 11.0. The summed E-state index contributed by atoms with van der Waals surface area (Å²) in [5, 5.41) is 30.1. The van der Waals surface area contributed by atoms with E-state index in [4.69, 9.17) is 5.11 Å². The molecular weight excluding hydrogens is 294 g/mol. The summed E-state index contributed by atoms with van der Waals surface area (Å²) in [4.78, 5) is 21.7. The van der Waals surface area contributed by atoms with Gasteiger partial charge in [-0.3, -0.25) is 4.79 Å². The number of phenolic OH excluding ortho intramolecular Hbond substituents is 1. The Morgan fingerprint density at radius 3 is 2.47 bits per heavy atom. The molecule has 4 N–H and O–H groups in total. The first-order valence-electron chi connectivity index (χ1n) is 4.54. The van der Waals surface area contributed by atoms with Gasteiger partial charge in [-0.25, -0.2) is 4.79 Å². The highest BCUT2D eigenvalue weighted by Gasteiger charge is 2.25. The van der Waals surface area contributed by atoms with Crippen LogP contribution in [0.1, 0.15) is 18.6 Å². The lowest BCUT2D eigenvalue weighted by Crippen LogP contribution is -2.16. The van der Waals surface area contributed by atoms with E-state index >= 15 is 0 Å². The maximum Gasteiger partial charge on any atom is 0.337 e. The van der Waals surface area contributed by atoms with E-state index in [2.05, 4.69) is 21.2 Å². The highest BCUT2D eigenvalue weighted by molar-refractivity contribution is 9.10. The number of benzene rings is 1. The minimum Gasteiger partial charge on any atom is -0.506 e. The van der Waals surface area contributed by atoms with Gasteiger partial charge in [-0.05, 0) is 12.1 Å². The summed E-state index contributed by atoms with van der Waals surface area (Å²) in [5.41, 5.74) is -0.227. The van der Waals surface area contributed by atoms with Gasteiger partial charge in [0.05, 0.1) is 5.69 Å². The largest absolute Gasteiger partial charge is 0.506 e. The zero-order chi connectivity index (χ0) is 13.2. The molecule has 0 saturated carbocycles. The third-order valence-corrected chi connectivity index (χ3v) is 2.67. The number of carboxylic acids is 1. The van der Waals surface area contributed by atoms with Crippen molar-refractivity contribution in [3.63, 3.8) is 0 Å². The number of aromatic hydroxyl groups is 1. The molecule has 1 unspecified atom stereocenters. The summed E-state index contributed by atoms with van der Waals surface area (Å²) < 4.78 is 0.272. The van der Waals surface area contributed by atoms with Crippen molar-refractivity contribution in [2.75, 3.05) is 5.32 Å². The van der Waals surface area contributed by atoms with Gasteiger partial charge in [-0.2, -0.15) is 0 Å². The van der Waals surface area contributed by atoms with Gasteiger partial charge < -0.3 is 20.6 Å². The first-order valence-corrected chi connectivity index (χ1v) is 5.33. The lowest BCUT2D eigenvalue weighted by Gasteiger charge is -2.15. The van der Waals surface area contributed by atoms with Crippen LogP contribution in [0, 0.1) is 0 Å². The number of anilines is 1. The zero-order valence-electron chi connectivity index (χ0n) is 8.77. The lowest BCUT2D eigenvalue weighted by molar-refractivity contribution is -0.147. The number of carbonyl (C=O) groups excluding carboxylic acids is 1. The zero-order valence-corrected chi connectivity index (χ0v) is 10.4. The van der Waals surface area contributed by atoms with Crippen LogP contribution in [0.5, 0.6) is 5.75 Å². The summed E-state index contributed by atoms with van der Waals surface area (Å²) >= 11 is 3.05. The molecule has 1 aromatic rings. The van der Waals surface area contributed by atoms with Gasteiger partial charge in [0, 0.05) is 17.0 Å². The van der Waals surface area contributed by atoms with Crippen LogP contribution in [-0.4, -0.2) is 27.2 Å². The molecule has 1 aromatic carbocycles. The van der Waals surface area contributed by atoms with Crippen molar-refractivity contribution in [1.29, 1.82) is 0 Å². The second-order valence-corrected chi connectivity index (χ2v) is 4.13. The standard InChI is InChI=1S/C10H10BrNO5/c1-4(13)12-8-6(14)3-2-5(11)7(8)9(15)10(16)17/h2-3,9,14-15H,1H3,(H,12,13)(H,16,17). The Hall–Kier alpha value is -1.60. The van der Waals surface area contributed by atoms with E-state index in [1.165, 1.54) is 19.1 Å². The highest BCUT2D eigenvalue weighted by atomic mass is 79.9. The minimum absolute atomic E-state index is 0.104. The van der Waals surface area contributed by atoms with E-state index in [9.17, 15) is 19.8 Å². The van der Waals surface area contributed by atoms with E-state index in [1.807, 2.05) is 0 Å². The predicted octanol–water partition coefficient (Wildman–Crippen LogP) is 1.23. The first kappa shape index (κ1) is 13.5. The van der Waals surface area contributed by atoms with Crippen LogP contribution in [0.4, 0.5) is 5.69 Å². The van der Waals surface area contributed by atoms with Crippen molar-refractivity contribution in [2.45, 2.75) is 13.0 Å². The molecule has 0 aliphatic rings. The molecular formula is C10H10BrNO5. The molecule has 0 spiro atoms. The third-order valence-electron chi connectivity index (χ3n) is 1.98. The Bertz CT molecular complexity index is 474. The van der Waals surface area contributed by atoms with Crippen molar-refractivity contribution >= 4 is 33.5 Å². The fraction of sp³-hybridized carbons (Fsp3) is 0.200. The Balaban J connectivity index is 3.38. The number of aliphatic carboxylic acids is 1. The normalized spacial score (nSPS) is 11.9. The summed E-state index contributed by atoms with van der Waals surface area (Å²) in [6.45, 7) is 1.21. The maximum absolute atomic E-state index is 11.0. The molecule has 0 saturated heterocycles. The number of carboxylic acid groups (broad SMARTS) is 1. The number of hydrogen-bond donors (Lipinski definition) is 4. The smallest absolute Gasteiger partial charge is 0.337 e. The molecule has 17 heavy (non-hydrogen) atoms. The van der Waals surface area contributed by atoms with E-state index < -0.39 is 18.0 Å². The summed E-state index contributed by atoms with van der Waals surface area (Å²) in [6.07, 6.45) is -1.85. The van der Waals surface area contributed by atoms with Crippen LogP contribution in [0.15, 0.2) is 16.6 Å². The monoisotopic (exact) mass is 303 g/mol. The first-order chi connectivity index (χ1) is 7.84. The minimum atomic E-state index is -1.85. The van der Waals surface area contributed by atoms with Crippen LogP contribution in [0.2, 0.25) is 0 Å². The number of rotatable bonds is 3. The van der Waals surface area contributed by atoms with Crippen LogP contribution < -0.4 is 5.32 Å². The molecule has 1 amide bonds. The summed E-state index contributed by atoms with van der Waals surface area (Å²) in [6, 6.07) is 2.65. The van der Waals surface area contributed by atoms with E-state index in [0.717, 1.165) is 0 Å². The molecule has 92 valence electrons. The molecule has 6 nitrogen and oxygen atoms in total. The Labute approximate surface area is 105 Å².